The van der Waals surface area contributed by atoms with Crippen molar-refractivity contribution in [1.82, 2.24) is 19.9 Å². The van der Waals surface area contributed by atoms with Gasteiger partial charge in [-0.3, -0.25) is 0 Å². The molecule has 2 rings (SSSR count). The monoisotopic (exact) mass is 244 g/mol. The van der Waals surface area contributed by atoms with Crippen LogP contribution in [0.15, 0.2) is 12.3 Å². The van der Waals surface area contributed by atoms with Gasteiger partial charge in [-0.05, 0) is 26.3 Å². The van der Waals surface area contributed by atoms with Gasteiger partial charge in [-0.2, -0.15) is 0 Å². The van der Waals surface area contributed by atoms with Gasteiger partial charge in [0.25, 0.3) is 0 Å². The molecule has 0 aliphatic carbocycles. The molecular formula is C12H16N6. The lowest BCUT2D eigenvalue weighted by Crippen LogP contribution is -2.13. The molecule has 0 radical (unpaired) electrons. The fourth-order valence-electron chi connectivity index (χ4n) is 1.74. The van der Waals surface area contributed by atoms with Crippen LogP contribution in [0, 0.1) is 13.8 Å². The maximum Gasteiger partial charge on any atom is 0.180 e. The summed E-state index contributed by atoms with van der Waals surface area (Å²) in [5, 5.41) is 0. The number of hydrazine groups is 1. The molecule has 0 spiro atoms. The molecule has 3 N–H and O–H groups in total. The lowest BCUT2D eigenvalue weighted by atomic mass is 10.2. The molecule has 0 unspecified atom stereocenters. The van der Waals surface area contributed by atoms with Crippen LogP contribution < -0.4 is 11.3 Å². The Morgan fingerprint density at radius 2 is 2.00 bits per heavy atom. The summed E-state index contributed by atoms with van der Waals surface area (Å²) in [6.45, 7) is 5.83. The highest BCUT2D eigenvalue weighted by Crippen LogP contribution is 2.20. The first-order valence-electron chi connectivity index (χ1n) is 5.79. The SMILES string of the molecule is CCc1nc(-c2ccnc(C)n2)nc(NN)c1C. The van der Waals surface area contributed by atoms with Crippen LogP contribution in [0.5, 0.6) is 0 Å². The van der Waals surface area contributed by atoms with Gasteiger partial charge in [-0.1, -0.05) is 6.92 Å². The summed E-state index contributed by atoms with van der Waals surface area (Å²) in [7, 11) is 0. The van der Waals surface area contributed by atoms with E-state index in [1.807, 2.05) is 20.8 Å². The second-order valence-electron chi connectivity index (χ2n) is 3.95. The largest absolute Gasteiger partial charge is 0.308 e. The fraction of sp³-hybridized carbons (Fsp3) is 0.333. The van der Waals surface area contributed by atoms with Gasteiger partial charge in [0.1, 0.15) is 17.3 Å². The predicted octanol–water partition coefficient (Wildman–Crippen LogP) is 1.40. The summed E-state index contributed by atoms with van der Waals surface area (Å²) < 4.78 is 0. The Labute approximate surface area is 106 Å². The van der Waals surface area contributed by atoms with Crippen LogP contribution in [0.4, 0.5) is 5.82 Å². The zero-order valence-electron chi connectivity index (χ0n) is 10.7. The van der Waals surface area contributed by atoms with E-state index in [1.54, 1.807) is 12.3 Å². The fourth-order valence-corrected chi connectivity index (χ4v) is 1.74. The second-order valence-corrected chi connectivity index (χ2v) is 3.95. The molecule has 0 aliphatic rings. The quantitative estimate of drug-likeness (QED) is 0.626. The van der Waals surface area contributed by atoms with E-state index in [-0.39, 0.29) is 0 Å². The molecule has 18 heavy (non-hydrogen) atoms. The standard InChI is InChI=1S/C12H16N6/c1-4-9-7(2)11(18-13)17-12(16-9)10-5-6-14-8(3)15-10/h5-6H,4,13H2,1-3H3,(H,16,17,18). The molecule has 6 heteroatoms. The van der Waals surface area contributed by atoms with E-state index in [2.05, 4.69) is 25.4 Å². The van der Waals surface area contributed by atoms with Crippen LogP contribution in [0.25, 0.3) is 11.5 Å². The first kappa shape index (κ1) is 12.4. The number of nitrogens with one attached hydrogen (secondary N) is 1. The van der Waals surface area contributed by atoms with Gasteiger partial charge in [-0.25, -0.2) is 25.8 Å². The topological polar surface area (TPSA) is 89.6 Å². The molecule has 94 valence electrons. The van der Waals surface area contributed by atoms with E-state index in [9.17, 15) is 0 Å². The predicted molar refractivity (Wildman–Crippen MR) is 69.7 cm³/mol. The number of hydrogen-bond donors (Lipinski definition) is 2. The number of anilines is 1. The average molecular weight is 244 g/mol. The third kappa shape index (κ3) is 2.28. The zero-order valence-corrected chi connectivity index (χ0v) is 10.7. The van der Waals surface area contributed by atoms with Crippen molar-refractivity contribution in [2.45, 2.75) is 27.2 Å². The summed E-state index contributed by atoms with van der Waals surface area (Å²) in [6, 6.07) is 1.79. The molecule has 0 fully saturated rings. The van der Waals surface area contributed by atoms with Crippen molar-refractivity contribution in [3.63, 3.8) is 0 Å². The molecule has 0 aliphatic heterocycles. The Balaban J connectivity index is 2.58. The Kier molecular flexibility index (Phi) is 3.47. The maximum absolute atomic E-state index is 5.48. The first-order chi connectivity index (χ1) is 8.65. The van der Waals surface area contributed by atoms with Gasteiger partial charge < -0.3 is 5.43 Å². The van der Waals surface area contributed by atoms with Crippen LogP contribution in [0.2, 0.25) is 0 Å². The van der Waals surface area contributed by atoms with E-state index >= 15 is 0 Å². The van der Waals surface area contributed by atoms with Gasteiger partial charge in [0, 0.05) is 17.5 Å². The summed E-state index contributed by atoms with van der Waals surface area (Å²) in [6.07, 6.45) is 2.52. The minimum atomic E-state index is 0.566. The minimum absolute atomic E-state index is 0.566. The summed E-state index contributed by atoms with van der Waals surface area (Å²) in [4.78, 5) is 17.3. The molecule has 2 aromatic heterocycles. The van der Waals surface area contributed by atoms with Crippen LogP contribution in [0.3, 0.4) is 0 Å². The molecule has 0 saturated carbocycles. The number of aryl methyl sites for hydroxylation is 2. The molecule has 0 amide bonds. The van der Waals surface area contributed by atoms with Crippen molar-refractivity contribution < 1.29 is 0 Å². The molecule has 6 nitrogen and oxygen atoms in total. The van der Waals surface area contributed by atoms with E-state index in [0.717, 1.165) is 17.7 Å². The Morgan fingerprint density at radius 1 is 1.22 bits per heavy atom. The molecule has 2 heterocycles. The van der Waals surface area contributed by atoms with Gasteiger partial charge in [-0.15, -0.1) is 0 Å². The summed E-state index contributed by atoms with van der Waals surface area (Å²) >= 11 is 0. The van der Waals surface area contributed by atoms with Crippen molar-refractivity contribution in [3.8, 4) is 11.5 Å². The molecule has 0 atom stereocenters. The molecule has 2 aromatic rings. The van der Waals surface area contributed by atoms with Crippen LogP contribution in [0.1, 0.15) is 24.0 Å². The third-order valence-corrected chi connectivity index (χ3v) is 2.72. The van der Waals surface area contributed by atoms with Crippen LogP contribution >= 0.6 is 0 Å². The van der Waals surface area contributed by atoms with Crippen LogP contribution in [-0.4, -0.2) is 19.9 Å². The Hall–Kier alpha value is -2.08. The number of aromatic nitrogens is 4. The Bertz CT molecular complexity index is 541. The molecule has 0 bridgehead atoms. The first-order valence-corrected chi connectivity index (χ1v) is 5.79. The zero-order chi connectivity index (χ0) is 13.1. The van der Waals surface area contributed by atoms with E-state index in [0.29, 0.717) is 23.2 Å². The van der Waals surface area contributed by atoms with E-state index in [4.69, 9.17) is 5.84 Å². The van der Waals surface area contributed by atoms with Crippen molar-refractivity contribution >= 4 is 5.82 Å². The molecular weight excluding hydrogens is 228 g/mol. The highest BCUT2D eigenvalue weighted by atomic mass is 15.3. The van der Waals surface area contributed by atoms with Crippen molar-refractivity contribution in [1.29, 1.82) is 0 Å². The smallest absolute Gasteiger partial charge is 0.180 e. The number of hydrogen-bond acceptors (Lipinski definition) is 6. The van der Waals surface area contributed by atoms with Gasteiger partial charge in [0.2, 0.25) is 0 Å². The molecule has 0 aromatic carbocycles. The van der Waals surface area contributed by atoms with Gasteiger partial charge >= 0.3 is 0 Å². The van der Waals surface area contributed by atoms with Crippen molar-refractivity contribution in [2.75, 3.05) is 5.43 Å². The number of nitrogens with two attached hydrogens (primary N) is 1. The highest BCUT2D eigenvalue weighted by Gasteiger charge is 2.11. The van der Waals surface area contributed by atoms with Gasteiger partial charge in [0.15, 0.2) is 5.82 Å². The number of rotatable bonds is 3. The lowest BCUT2D eigenvalue weighted by molar-refractivity contribution is 0.958. The molecule has 0 saturated heterocycles. The average Bonchev–Trinajstić information content (AvgIpc) is 2.39. The summed E-state index contributed by atoms with van der Waals surface area (Å²) in [5.41, 5.74) is 5.23. The minimum Gasteiger partial charge on any atom is -0.308 e. The van der Waals surface area contributed by atoms with E-state index in [1.165, 1.54) is 0 Å². The van der Waals surface area contributed by atoms with Crippen molar-refractivity contribution in [3.05, 3.63) is 29.3 Å². The van der Waals surface area contributed by atoms with Crippen LogP contribution in [-0.2, 0) is 6.42 Å². The van der Waals surface area contributed by atoms with E-state index < -0.39 is 0 Å². The summed E-state index contributed by atoms with van der Waals surface area (Å²) in [5.74, 6) is 7.37. The maximum atomic E-state index is 5.48. The number of nitrogen functional groups attached to an aromatic ring is 1. The highest BCUT2D eigenvalue weighted by molar-refractivity contribution is 5.55. The van der Waals surface area contributed by atoms with Crippen molar-refractivity contribution in [2.24, 2.45) is 5.84 Å². The lowest BCUT2D eigenvalue weighted by Gasteiger charge is -2.10. The Morgan fingerprint density at radius 3 is 2.61 bits per heavy atom. The second kappa shape index (κ2) is 5.05. The number of nitrogens with zero attached hydrogens (tertiary/aromatic N) is 4. The normalized spacial score (nSPS) is 10.4. The third-order valence-electron chi connectivity index (χ3n) is 2.72. The van der Waals surface area contributed by atoms with Gasteiger partial charge in [0.05, 0.1) is 0 Å².